The van der Waals surface area contributed by atoms with Gasteiger partial charge in [-0.2, -0.15) is 0 Å². The van der Waals surface area contributed by atoms with Crippen LogP contribution in [0, 0.1) is 5.92 Å². The molecular formula is C19H18ClN3O2. The van der Waals surface area contributed by atoms with Crippen LogP contribution in [0.25, 0.3) is 0 Å². The lowest BCUT2D eigenvalue weighted by Crippen LogP contribution is -2.21. The molecule has 0 amide bonds. The second kappa shape index (κ2) is 7.40. The minimum absolute atomic E-state index is 0.0523. The maximum absolute atomic E-state index is 12.8. The molecule has 0 saturated heterocycles. The van der Waals surface area contributed by atoms with Crippen LogP contribution in [0.3, 0.4) is 0 Å². The summed E-state index contributed by atoms with van der Waals surface area (Å²) in [5.74, 6) is 1.57. The second-order valence-electron chi connectivity index (χ2n) is 5.66. The van der Waals surface area contributed by atoms with Crippen molar-refractivity contribution in [3.63, 3.8) is 0 Å². The summed E-state index contributed by atoms with van der Waals surface area (Å²) in [5, 5.41) is 3.45. The Balaban J connectivity index is 1.80. The lowest BCUT2D eigenvalue weighted by atomic mass is 9.93. The van der Waals surface area contributed by atoms with Crippen molar-refractivity contribution < 1.29 is 9.53 Å². The first-order valence-corrected chi connectivity index (χ1v) is 8.23. The molecule has 0 bridgehead atoms. The van der Waals surface area contributed by atoms with Gasteiger partial charge in [-0.15, -0.1) is 0 Å². The maximum atomic E-state index is 12.8. The second-order valence-corrected chi connectivity index (χ2v) is 6.07. The average molecular weight is 356 g/mol. The Labute approximate surface area is 151 Å². The summed E-state index contributed by atoms with van der Waals surface area (Å²) in [6, 6.07) is 14.5. The Hall–Kier alpha value is -2.79. The number of aliphatic imine (C=N–C) groups is 1. The van der Waals surface area contributed by atoms with Gasteiger partial charge in [0.25, 0.3) is 0 Å². The van der Waals surface area contributed by atoms with E-state index in [2.05, 4.69) is 10.3 Å². The van der Waals surface area contributed by atoms with Gasteiger partial charge in [0, 0.05) is 18.2 Å². The molecule has 0 aromatic heterocycles. The molecule has 0 spiro atoms. The Kier molecular flexibility index (Phi) is 5.05. The van der Waals surface area contributed by atoms with Gasteiger partial charge >= 0.3 is 0 Å². The Morgan fingerprint density at radius 2 is 2.04 bits per heavy atom. The number of carbonyl (C=O) groups is 1. The smallest absolute Gasteiger partial charge is 0.173 e. The van der Waals surface area contributed by atoms with Gasteiger partial charge in [-0.25, -0.2) is 4.99 Å². The van der Waals surface area contributed by atoms with E-state index in [9.17, 15) is 4.79 Å². The van der Waals surface area contributed by atoms with Crippen molar-refractivity contribution in [2.75, 3.05) is 6.54 Å². The number of carbonyl (C=O) groups excluding carboxylic acids is 1. The van der Waals surface area contributed by atoms with Gasteiger partial charge < -0.3 is 15.8 Å². The first kappa shape index (κ1) is 17.0. The molecule has 25 heavy (non-hydrogen) atoms. The summed E-state index contributed by atoms with van der Waals surface area (Å²) in [6.45, 7) is 2.35. The van der Waals surface area contributed by atoms with Gasteiger partial charge in [0.2, 0.25) is 0 Å². The number of nitrogens with two attached hydrogens (primary N) is 1. The van der Waals surface area contributed by atoms with E-state index >= 15 is 0 Å². The molecule has 0 saturated carbocycles. The van der Waals surface area contributed by atoms with Crippen molar-refractivity contribution >= 4 is 23.7 Å². The molecule has 3 N–H and O–H groups in total. The van der Waals surface area contributed by atoms with E-state index in [1.165, 1.54) is 6.34 Å². The van der Waals surface area contributed by atoms with Crippen LogP contribution in [-0.2, 0) is 0 Å². The zero-order valence-electron chi connectivity index (χ0n) is 13.7. The fourth-order valence-corrected chi connectivity index (χ4v) is 3.00. The summed E-state index contributed by atoms with van der Waals surface area (Å²) in [7, 11) is 0. The Bertz CT molecular complexity index is 847. The van der Waals surface area contributed by atoms with Crippen molar-refractivity contribution in [1.82, 2.24) is 5.32 Å². The van der Waals surface area contributed by atoms with Gasteiger partial charge in [0.15, 0.2) is 5.78 Å². The highest BCUT2D eigenvalue weighted by molar-refractivity contribution is 6.34. The first-order chi connectivity index (χ1) is 12.1. The van der Waals surface area contributed by atoms with Gasteiger partial charge in [-0.1, -0.05) is 29.8 Å². The van der Waals surface area contributed by atoms with Gasteiger partial charge in [-0.05, 0) is 36.8 Å². The molecule has 128 valence electrons. The van der Waals surface area contributed by atoms with Crippen LogP contribution in [0.4, 0.5) is 0 Å². The summed E-state index contributed by atoms with van der Waals surface area (Å²) in [5.41, 5.74) is 6.64. The van der Waals surface area contributed by atoms with Gasteiger partial charge in [-0.3, -0.25) is 4.79 Å². The molecule has 1 aliphatic heterocycles. The van der Waals surface area contributed by atoms with E-state index in [4.69, 9.17) is 22.1 Å². The average Bonchev–Trinajstić information content (AvgIpc) is 2.97. The number of ether oxygens (including phenoxy) is 1. The summed E-state index contributed by atoms with van der Waals surface area (Å²) < 4.78 is 5.74. The molecule has 0 aliphatic carbocycles. The quantitative estimate of drug-likeness (QED) is 0.486. The zero-order chi connectivity index (χ0) is 17.8. The minimum atomic E-state index is -0.308. The van der Waals surface area contributed by atoms with Crippen LogP contribution in [0.15, 0.2) is 64.9 Å². The number of hydrogen-bond donors (Lipinski definition) is 2. The van der Waals surface area contributed by atoms with E-state index in [1.54, 1.807) is 18.2 Å². The standard InChI is InChI=1S/C19H18ClN3O2/c1-12-16(10-22-19(12)23-11-21)18(24)15-8-7-14(9-17(15)20)25-13-5-3-2-4-6-13/h2-9,11,16,22H,10H2,1H3,(H2,21,23). The summed E-state index contributed by atoms with van der Waals surface area (Å²) in [4.78, 5) is 16.8. The molecule has 2 aromatic carbocycles. The zero-order valence-corrected chi connectivity index (χ0v) is 14.5. The third-order valence-corrected chi connectivity index (χ3v) is 4.39. The van der Waals surface area contributed by atoms with Crippen LogP contribution in [-0.4, -0.2) is 18.7 Å². The Morgan fingerprint density at radius 3 is 2.72 bits per heavy atom. The van der Waals surface area contributed by atoms with Crippen molar-refractivity contribution in [1.29, 1.82) is 0 Å². The van der Waals surface area contributed by atoms with Crippen LogP contribution in [0.1, 0.15) is 17.3 Å². The molecule has 1 unspecified atom stereocenters. The third kappa shape index (κ3) is 3.67. The largest absolute Gasteiger partial charge is 0.457 e. The predicted molar refractivity (Wildman–Crippen MR) is 99.2 cm³/mol. The van der Waals surface area contributed by atoms with Crippen molar-refractivity contribution in [3.05, 3.63) is 70.5 Å². The molecule has 2 aromatic rings. The molecule has 1 aliphatic rings. The monoisotopic (exact) mass is 355 g/mol. The highest BCUT2D eigenvalue weighted by atomic mass is 35.5. The number of rotatable bonds is 5. The number of ketones is 1. The SMILES string of the molecule is CC1=C(/N=C\N)NCC1C(=O)c1ccc(Oc2ccccc2)cc1Cl. The number of nitrogens with one attached hydrogen (secondary N) is 1. The number of benzene rings is 2. The van der Waals surface area contributed by atoms with E-state index in [0.717, 1.165) is 5.57 Å². The molecule has 6 heteroatoms. The van der Waals surface area contributed by atoms with E-state index in [-0.39, 0.29) is 11.7 Å². The highest BCUT2D eigenvalue weighted by Gasteiger charge is 2.30. The first-order valence-electron chi connectivity index (χ1n) is 7.85. The highest BCUT2D eigenvalue weighted by Crippen LogP contribution is 2.31. The van der Waals surface area contributed by atoms with Crippen molar-refractivity contribution in [2.24, 2.45) is 16.6 Å². The van der Waals surface area contributed by atoms with Crippen molar-refractivity contribution in [3.8, 4) is 11.5 Å². The lowest BCUT2D eigenvalue weighted by Gasteiger charge is -2.12. The molecular weight excluding hydrogens is 338 g/mol. The molecule has 0 fully saturated rings. The normalized spacial score (nSPS) is 17.0. The number of para-hydroxylation sites is 1. The van der Waals surface area contributed by atoms with E-state index in [0.29, 0.717) is 34.5 Å². The maximum Gasteiger partial charge on any atom is 0.173 e. The number of Topliss-reactive ketones (excluding diaryl/α,β-unsaturated/α-hetero) is 1. The molecule has 1 heterocycles. The van der Waals surface area contributed by atoms with Gasteiger partial charge in [0.1, 0.15) is 17.3 Å². The van der Waals surface area contributed by atoms with Crippen molar-refractivity contribution in [2.45, 2.75) is 6.92 Å². The minimum Gasteiger partial charge on any atom is -0.457 e. The number of nitrogens with zero attached hydrogens (tertiary/aromatic N) is 1. The van der Waals surface area contributed by atoms with Crippen LogP contribution >= 0.6 is 11.6 Å². The van der Waals surface area contributed by atoms with E-state index in [1.807, 2.05) is 37.3 Å². The predicted octanol–water partition coefficient (Wildman–Crippen LogP) is 3.75. The summed E-state index contributed by atoms with van der Waals surface area (Å²) >= 11 is 6.33. The van der Waals surface area contributed by atoms with Crippen LogP contribution < -0.4 is 15.8 Å². The number of halogens is 1. The molecule has 5 nitrogen and oxygen atoms in total. The molecule has 1 atom stereocenters. The van der Waals surface area contributed by atoms with Gasteiger partial charge in [0.05, 0.1) is 17.3 Å². The Morgan fingerprint density at radius 1 is 1.28 bits per heavy atom. The fourth-order valence-electron chi connectivity index (χ4n) is 2.74. The molecule has 0 radical (unpaired) electrons. The number of hydrogen-bond acceptors (Lipinski definition) is 4. The topological polar surface area (TPSA) is 76.7 Å². The fraction of sp³-hybridized carbons (Fsp3) is 0.158. The lowest BCUT2D eigenvalue weighted by molar-refractivity contribution is 0.0945. The van der Waals surface area contributed by atoms with Crippen LogP contribution in [0.2, 0.25) is 5.02 Å². The van der Waals surface area contributed by atoms with Crippen LogP contribution in [0.5, 0.6) is 11.5 Å². The third-order valence-electron chi connectivity index (χ3n) is 4.07. The molecule has 3 rings (SSSR count). The summed E-state index contributed by atoms with van der Waals surface area (Å²) in [6.07, 6.45) is 1.21. The van der Waals surface area contributed by atoms with E-state index < -0.39 is 0 Å².